The molecular weight excluding hydrogens is 152 g/mol. The number of hydrogen-bond acceptors (Lipinski definition) is 2. The summed E-state index contributed by atoms with van der Waals surface area (Å²) in [4.78, 5) is 0. The van der Waals surface area contributed by atoms with Gasteiger partial charge in [-0.3, -0.25) is 0 Å². The van der Waals surface area contributed by atoms with Crippen LogP contribution in [0.2, 0.25) is 0 Å². The third kappa shape index (κ3) is 2.46. The summed E-state index contributed by atoms with van der Waals surface area (Å²) in [5.74, 6) is 0.630. The Bertz CT molecular complexity index is 132. The first kappa shape index (κ1) is 10.0. The Kier molecular flexibility index (Phi) is 3.53. The average molecular weight is 172 g/mol. The molecule has 3 unspecified atom stereocenters. The summed E-state index contributed by atoms with van der Waals surface area (Å²) >= 11 is 0. The molecule has 72 valence electrons. The van der Waals surface area contributed by atoms with Gasteiger partial charge in [-0.25, -0.2) is 0 Å². The molecule has 1 aliphatic carbocycles. The van der Waals surface area contributed by atoms with Crippen molar-refractivity contribution in [3.05, 3.63) is 0 Å². The van der Waals surface area contributed by atoms with Crippen molar-refractivity contribution in [1.29, 1.82) is 0 Å². The van der Waals surface area contributed by atoms with Gasteiger partial charge < -0.3 is 10.2 Å². The lowest BCUT2D eigenvalue weighted by atomic mass is 9.93. The molecule has 12 heavy (non-hydrogen) atoms. The molecule has 0 heterocycles. The molecule has 2 N–H and O–H groups in total. The van der Waals surface area contributed by atoms with Crippen molar-refractivity contribution >= 4 is 0 Å². The van der Waals surface area contributed by atoms with Crippen LogP contribution in [0.1, 0.15) is 39.5 Å². The standard InChI is InChI=1S/C10H20O2/c1-3-4-7(2)9(11)10(12)8-5-6-8/h7-12H,3-6H2,1-2H3. The van der Waals surface area contributed by atoms with E-state index < -0.39 is 12.2 Å². The molecule has 2 nitrogen and oxygen atoms in total. The predicted octanol–water partition coefficient (Wildman–Crippen LogP) is 1.55. The van der Waals surface area contributed by atoms with Gasteiger partial charge in [-0.1, -0.05) is 20.3 Å². The maximum atomic E-state index is 9.68. The van der Waals surface area contributed by atoms with Crippen molar-refractivity contribution in [2.75, 3.05) is 0 Å². The molecule has 0 amide bonds. The Morgan fingerprint density at radius 3 is 2.33 bits per heavy atom. The van der Waals surface area contributed by atoms with Crippen LogP contribution in [-0.2, 0) is 0 Å². The van der Waals surface area contributed by atoms with Crippen molar-refractivity contribution in [1.82, 2.24) is 0 Å². The normalized spacial score (nSPS) is 25.0. The molecule has 0 spiro atoms. The van der Waals surface area contributed by atoms with Crippen LogP contribution < -0.4 is 0 Å². The molecule has 0 aromatic heterocycles. The Morgan fingerprint density at radius 1 is 1.33 bits per heavy atom. The lowest BCUT2D eigenvalue weighted by molar-refractivity contribution is -0.0260. The van der Waals surface area contributed by atoms with Gasteiger partial charge in [0.15, 0.2) is 0 Å². The van der Waals surface area contributed by atoms with Gasteiger partial charge in [-0.05, 0) is 31.1 Å². The van der Waals surface area contributed by atoms with Crippen LogP contribution in [0, 0.1) is 11.8 Å². The lowest BCUT2D eigenvalue weighted by Gasteiger charge is -2.23. The molecule has 1 fully saturated rings. The van der Waals surface area contributed by atoms with Gasteiger partial charge in [0.25, 0.3) is 0 Å². The van der Waals surface area contributed by atoms with Crippen molar-refractivity contribution in [3.63, 3.8) is 0 Å². The molecule has 0 aromatic carbocycles. The molecule has 1 aliphatic rings. The molecule has 1 rings (SSSR count). The van der Waals surface area contributed by atoms with Gasteiger partial charge in [0, 0.05) is 0 Å². The first-order valence-corrected chi connectivity index (χ1v) is 5.03. The number of rotatable bonds is 5. The maximum Gasteiger partial charge on any atom is 0.0829 e. The summed E-state index contributed by atoms with van der Waals surface area (Å²) in [7, 11) is 0. The molecule has 0 aliphatic heterocycles. The molecule has 0 radical (unpaired) electrons. The Labute approximate surface area is 74.6 Å². The van der Waals surface area contributed by atoms with Crippen LogP contribution in [0.3, 0.4) is 0 Å². The maximum absolute atomic E-state index is 9.68. The molecule has 3 atom stereocenters. The Hall–Kier alpha value is -0.0800. The minimum atomic E-state index is -0.502. The number of hydrogen-bond donors (Lipinski definition) is 2. The zero-order valence-electron chi connectivity index (χ0n) is 8.03. The van der Waals surface area contributed by atoms with Gasteiger partial charge in [-0.15, -0.1) is 0 Å². The summed E-state index contributed by atoms with van der Waals surface area (Å²) in [6.07, 6.45) is 3.30. The second-order valence-corrected chi connectivity index (χ2v) is 4.08. The summed E-state index contributed by atoms with van der Waals surface area (Å²) in [5.41, 5.74) is 0. The van der Waals surface area contributed by atoms with Gasteiger partial charge in [0.05, 0.1) is 12.2 Å². The summed E-state index contributed by atoms with van der Waals surface area (Å²) in [6.45, 7) is 4.12. The third-order valence-electron chi connectivity index (χ3n) is 2.78. The highest BCUT2D eigenvalue weighted by atomic mass is 16.3. The zero-order chi connectivity index (χ0) is 9.14. The minimum Gasteiger partial charge on any atom is -0.390 e. The molecule has 0 aromatic rings. The van der Waals surface area contributed by atoms with Crippen LogP contribution in [-0.4, -0.2) is 22.4 Å². The van der Waals surface area contributed by atoms with E-state index in [1.807, 2.05) is 6.92 Å². The second kappa shape index (κ2) is 4.24. The summed E-state index contributed by atoms with van der Waals surface area (Å²) < 4.78 is 0. The highest BCUT2D eigenvalue weighted by molar-refractivity contribution is 4.87. The number of aliphatic hydroxyl groups excluding tert-OH is 2. The van der Waals surface area contributed by atoms with Crippen molar-refractivity contribution in [3.8, 4) is 0 Å². The smallest absolute Gasteiger partial charge is 0.0829 e. The van der Waals surface area contributed by atoms with Gasteiger partial charge in [0.1, 0.15) is 0 Å². The first-order valence-electron chi connectivity index (χ1n) is 5.03. The fourth-order valence-electron chi connectivity index (χ4n) is 1.68. The Balaban J connectivity index is 2.28. The van der Waals surface area contributed by atoms with Gasteiger partial charge >= 0.3 is 0 Å². The molecule has 0 saturated heterocycles. The topological polar surface area (TPSA) is 40.5 Å². The van der Waals surface area contributed by atoms with E-state index in [-0.39, 0.29) is 5.92 Å². The van der Waals surface area contributed by atoms with E-state index >= 15 is 0 Å². The Morgan fingerprint density at radius 2 is 1.92 bits per heavy atom. The second-order valence-electron chi connectivity index (χ2n) is 4.08. The fourth-order valence-corrected chi connectivity index (χ4v) is 1.68. The van der Waals surface area contributed by atoms with Crippen LogP contribution >= 0.6 is 0 Å². The van der Waals surface area contributed by atoms with Crippen LogP contribution in [0.5, 0.6) is 0 Å². The van der Waals surface area contributed by atoms with E-state index in [0.29, 0.717) is 5.92 Å². The van der Waals surface area contributed by atoms with Gasteiger partial charge in [-0.2, -0.15) is 0 Å². The largest absolute Gasteiger partial charge is 0.390 e. The van der Waals surface area contributed by atoms with E-state index in [4.69, 9.17) is 0 Å². The molecular formula is C10H20O2. The fraction of sp³-hybridized carbons (Fsp3) is 1.00. The molecule has 0 bridgehead atoms. The van der Waals surface area contributed by atoms with E-state index in [2.05, 4.69) is 6.92 Å². The SMILES string of the molecule is CCCC(C)C(O)C(O)C1CC1. The quantitative estimate of drug-likeness (QED) is 0.660. The minimum absolute atomic E-state index is 0.241. The van der Waals surface area contributed by atoms with E-state index in [1.54, 1.807) is 0 Å². The summed E-state index contributed by atoms with van der Waals surface area (Å²) in [6, 6.07) is 0. The van der Waals surface area contributed by atoms with E-state index in [1.165, 1.54) is 0 Å². The van der Waals surface area contributed by atoms with Crippen LogP contribution in [0.4, 0.5) is 0 Å². The van der Waals surface area contributed by atoms with Crippen LogP contribution in [0.15, 0.2) is 0 Å². The summed E-state index contributed by atoms with van der Waals surface area (Å²) in [5, 5.41) is 19.3. The van der Waals surface area contributed by atoms with Gasteiger partial charge in [0.2, 0.25) is 0 Å². The number of aliphatic hydroxyl groups is 2. The monoisotopic (exact) mass is 172 g/mol. The van der Waals surface area contributed by atoms with Crippen molar-refractivity contribution in [2.24, 2.45) is 11.8 Å². The van der Waals surface area contributed by atoms with Crippen LogP contribution in [0.25, 0.3) is 0 Å². The highest BCUT2D eigenvalue weighted by Crippen LogP contribution is 2.35. The van der Waals surface area contributed by atoms with E-state index in [9.17, 15) is 10.2 Å². The molecule has 2 heteroatoms. The average Bonchev–Trinajstić information content (AvgIpc) is 2.84. The molecule has 1 saturated carbocycles. The highest BCUT2D eigenvalue weighted by Gasteiger charge is 2.36. The third-order valence-corrected chi connectivity index (χ3v) is 2.78. The first-order chi connectivity index (χ1) is 5.66. The predicted molar refractivity (Wildman–Crippen MR) is 48.8 cm³/mol. The zero-order valence-corrected chi connectivity index (χ0v) is 8.03. The van der Waals surface area contributed by atoms with E-state index in [0.717, 1.165) is 25.7 Å². The van der Waals surface area contributed by atoms with Crippen molar-refractivity contribution in [2.45, 2.75) is 51.7 Å². The van der Waals surface area contributed by atoms with Crippen molar-refractivity contribution < 1.29 is 10.2 Å². The lowest BCUT2D eigenvalue weighted by Crippen LogP contribution is -2.33.